The van der Waals surface area contributed by atoms with E-state index in [0.717, 1.165) is 21.6 Å². The number of nitrogens with one attached hydrogen (secondary N) is 1. The van der Waals surface area contributed by atoms with E-state index < -0.39 is 12.1 Å². The second-order valence-electron chi connectivity index (χ2n) is 5.41. The molecule has 0 bridgehead atoms. The van der Waals surface area contributed by atoms with Gasteiger partial charge in [-0.15, -0.1) is 36.3 Å². The maximum absolute atomic E-state index is 12.4. The molecule has 0 saturated carbocycles. The van der Waals surface area contributed by atoms with Crippen LogP contribution in [0.4, 0.5) is 18.9 Å². The summed E-state index contributed by atoms with van der Waals surface area (Å²) in [6.45, 7) is 0. The molecule has 146 valence electrons. The van der Waals surface area contributed by atoms with Crippen LogP contribution < -0.4 is 10.1 Å². The molecule has 2 heterocycles. The Morgan fingerprint density at radius 2 is 1.93 bits per heavy atom. The van der Waals surface area contributed by atoms with Crippen LogP contribution in [0.2, 0.25) is 5.02 Å². The lowest BCUT2D eigenvalue weighted by molar-refractivity contribution is -0.274. The van der Waals surface area contributed by atoms with Gasteiger partial charge in [-0.25, -0.2) is 0 Å². The normalized spacial score (nSPS) is 11.3. The number of thioether (sulfide) groups is 1. The molecule has 0 aliphatic rings. The summed E-state index contributed by atoms with van der Waals surface area (Å²) in [5.74, 6) is -0.153. The Labute approximate surface area is 171 Å². The lowest BCUT2D eigenvalue weighted by Crippen LogP contribution is -2.17. The molecule has 3 rings (SSSR count). The van der Waals surface area contributed by atoms with Crippen molar-refractivity contribution in [2.24, 2.45) is 0 Å². The summed E-state index contributed by atoms with van der Waals surface area (Å²) >= 11 is 8.70. The van der Waals surface area contributed by atoms with E-state index in [9.17, 15) is 18.0 Å². The molecular weight excluding hydrogens is 433 g/mol. The molecule has 1 aromatic carbocycles. The van der Waals surface area contributed by atoms with E-state index in [0.29, 0.717) is 4.88 Å². The number of thiophene rings is 1. The van der Waals surface area contributed by atoms with Crippen molar-refractivity contribution in [3.8, 4) is 5.75 Å². The number of carbonyl (C=O) groups excluding carboxylic acids is 1. The van der Waals surface area contributed by atoms with Gasteiger partial charge in [-0.1, -0.05) is 11.6 Å². The van der Waals surface area contributed by atoms with E-state index in [1.807, 2.05) is 18.2 Å². The van der Waals surface area contributed by atoms with Crippen molar-refractivity contribution in [3.63, 3.8) is 0 Å². The second kappa shape index (κ2) is 8.85. The summed E-state index contributed by atoms with van der Waals surface area (Å²) in [4.78, 5) is 16.8. The fourth-order valence-corrected chi connectivity index (χ4v) is 4.33. The fraction of sp³-hybridized carbons (Fsp3) is 0.111. The molecule has 0 spiro atoms. The average molecular weight is 445 g/mol. The zero-order chi connectivity index (χ0) is 20.1. The first-order chi connectivity index (χ1) is 13.3. The third-order valence-corrected chi connectivity index (χ3v) is 6.03. The highest BCUT2D eigenvalue weighted by molar-refractivity contribution is 8.00. The first kappa shape index (κ1) is 20.5. The minimum absolute atomic E-state index is 0.255. The van der Waals surface area contributed by atoms with Crippen molar-refractivity contribution >= 4 is 46.3 Å². The Balaban J connectivity index is 1.60. The molecule has 0 aliphatic carbocycles. The summed E-state index contributed by atoms with van der Waals surface area (Å²) in [5, 5.41) is 2.35. The van der Waals surface area contributed by atoms with E-state index in [1.165, 1.54) is 23.5 Å². The molecule has 3 aromatic rings. The Hall–Kier alpha value is -2.23. The predicted molar refractivity (Wildman–Crippen MR) is 104 cm³/mol. The molecule has 1 amide bonds. The number of anilines is 1. The monoisotopic (exact) mass is 444 g/mol. The first-order valence-corrected chi connectivity index (χ1v) is 9.96. The number of halogens is 4. The fourth-order valence-electron chi connectivity index (χ4n) is 2.13. The van der Waals surface area contributed by atoms with Crippen molar-refractivity contribution in [2.75, 3.05) is 5.32 Å². The van der Waals surface area contributed by atoms with E-state index in [2.05, 4.69) is 15.0 Å². The van der Waals surface area contributed by atoms with Crippen molar-refractivity contribution in [1.82, 2.24) is 4.98 Å². The first-order valence-electron chi connectivity index (χ1n) is 7.78. The van der Waals surface area contributed by atoms with Crippen molar-refractivity contribution in [1.29, 1.82) is 0 Å². The van der Waals surface area contributed by atoms with Gasteiger partial charge in [-0.2, -0.15) is 0 Å². The van der Waals surface area contributed by atoms with Crippen LogP contribution in [0, 0.1) is 0 Å². The number of carbonyl (C=O) groups is 1. The number of ether oxygens (including phenoxy) is 1. The van der Waals surface area contributed by atoms with E-state index in [4.69, 9.17) is 11.6 Å². The standard InChI is InChI=1S/C18H12ClF3N2O2S2/c19-13-9-12(1-2-14(13)26-18(20,21)22)24-17(25)15-3-4-16(28-15)27-10-11-5-7-23-8-6-11/h1-9H,10H2,(H,24,25). The molecule has 10 heteroatoms. The van der Waals surface area contributed by atoms with Gasteiger partial charge in [-0.05, 0) is 48.0 Å². The van der Waals surface area contributed by atoms with Gasteiger partial charge in [-0.3, -0.25) is 9.78 Å². The maximum Gasteiger partial charge on any atom is 0.573 e. The third kappa shape index (κ3) is 5.88. The highest BCUT2D eigenvalue weighted by atomic mass is 35.5. The number of benzene rings is 1. The predicted octanol–water partition coefficient (Wildman–Crippen LogP) is 6.24. The molecule has 0 fully saturated rings. The lowest BCUT2D eigenvalue weighted by Gasteiger charge is -2.11. The van der Waals surface area contributed by atoms with Crippen LogP contribution in [0.3, 0.4) is 0 Å². The minimum atomic E-state index is -4.84. The van der Waals surface area contributed by atoms with Gasteiger partial charge >= 0.3 is 6.36 Å². The van der Waals surface area contributed by atoms with Crippen LogP contribution in [-0.4, -0.2) is 17.3 Å². The zero-order valence-corrected chi connectivity index (χ0v) is 16.4. The van der Waals surface area contributed by atoms with Crippen molar-refractivity contribution in [2.45, 2.75) is 16.3 Å². The summed E-state index contributed by atoms with van der Waals surface area (Å²) in [5.41, 5.74) is 1.39. The number of pyridine rings is 1. The van der Waals surface area contributed by atoms with Gasteiger partial charge in [0.25, 0.3) is 5.91 Å². The number of aromatic nitrogens is 1. The van der Waals surface area contributed by atoms with Crippen LogP contribution in [0.5, 0.6) is 5.75 Å². The number of amides is 1. The molecule has 2 aromatic heterocycles. The summed E-state index contributed by atoms with van der Waals surface area (Å²) in [6, 6.07) is 10.9. The van der Waals surface area contributed by atoms with Crippen LogP contribution in [-0.2, 0) is 5.75 Å². The molecule has 0 aliphatic heterocycles. The van der Waals surface area contributed by atoms with E-state index in [-0.39, 0.29) is 16.6 Å². The molecule has 1 N–H and O–H groups in total. The van der Waals surface area contributed by atoms with Crippen LogP contribution in [0.15, 0.2) is 59.1 Å². The van der Waals surface area contributed by atoms with Gasteiger partial charge < -0.3 is 10.1 Å². The highest BCUT2D eigenvalue weighted by Crippen LogP contribution is 2.33. The number of hydrogen-bond acceptors (Lipinski definition) is 5. The largest absolute Gasteiger partial charge is 0.573 e. The van der Waals surface area contributed by atoms with Crippen LogP contribution >= 0.6 is 34.7 Å². The molecule has 28 heavy (non-hydrogen) atoms. The Bertz CT molecular complexity index is 965. The molecule has 0 atom stereocenters. The van der Waals surface area contributed by atoms with Gasteiger partial charge in [0.2, 0.25) is 0 Å². The van der Waals surface area contributed by atoms with Crippen LogP contribution in [0.25, 0.3) is 0 Å². The third-order valence-electron chi connectivity index (χ3n) is 3.35. The smallest absolute Gasteiger partial charge is 0.404 e. The van der Waals surface area contributed by atoms with E-state index in [1.54, 1.807) is 30.2 Å². The Kier molecular flexibility index (Phi) is 6.48. The second-order valence-corrected chi connectivity index (χ2v) is 8.18. The molecule has 0 unspecified atom stereocenters. The van der Waals surface area contributed by atoms with E-state index >= 15 is 0 Å². The quantitative estimate of drug-likeness (QED) is 0.457. The summed E-state index contributed by atoms with van der Waals surface area (Å²) in [7, 11) is 0. The Morgan fingerprint density at radius 3 is 2.61 bits per heavy atom. The van der Waals surface area contributed by atoms with Gasteiger partial charge in [0.1, 0.15) is 5.75 Å². The highest BCUT2D eigenvalue weighted by Gasteiger charge is 2.32. The zero-order valence-electron chi connectivity index (χ0n) is 14.0. The summed E-state index contributed by atoms with van der Waals surface area (Å²) < 4.78 is 41.6. The van der Waals surface area contributed by atoms with Gasteiger partial charge in [0, 0.05) is 23.8 Å². The molecular formula is C18H12ClF3N2O2S2. The Morgan fingerprint density at radius 1 is 1.18 bits per heavy atom. The minimum Gasteiger partial charge on any atom is -0.404 e. The molecule has 0 saturated heterocycles. The van der Waals surface area contributed by atoms with Crippen molar-refractivity contribution in [3.05, 3.63) is 70.3 Å². The number of alkyl halides is 3. The topological polar surface area (TPSA) is 51.2 Å². The number of rotatable bonds is 6. The molecule has 4 nitrogen and oxygen atoms in total. The lowest BCUT2D eigenvalue weighted by atomic mass is 10.3. The van der Waals surface area contributed by atoms with Gasteiger partial charge in [0.15, 0.2) is 0 Å². The van der Waals surface area contributed by atoms with Gasteiger partial charge in [0.05, 0.1) is 14.1 Å². The van der Waals surface area contributed by atoms with Crippen LogP contribution in [0.1, 0.15) is 15.2 Å². The SMILES string of the molecule is O=C(Nc1ccc(OC(F)(F)F)c(Cl)c1)c1ccc(SCc2ccncc2)s1. The number of hydrogen-bond donors (Lipinski definition) is 1. The average Bonchev–Trinajstić information content (AvgIpc) is 3.11. The van der Waals surface area contributed by atoms with Crippen molar-refractivity contribution < 1.29 is 22.7 Å². The molecule has 0 radical (unpaired) electrons. The maximum atomic E-state index is 12.4. The number of nitrogens with zero attached hydrogens (tertiary/aromatic N) is 1. The summed E-state index contributed by atoms with van der Waals surface area (Å²) in [6.07, 6.45) is -1.39.